The van der Waals surface area contributed by atoms with Gasteiger partial charge in [0.05, 0.1) is 24.7 Å². The minimum absolute atomic E-state index is 0.182. The average Bonchev–Trinajstić information content (AvgIpc) is 3.04. The number of fused-ring (bicyclic) bond motifs is 1. The lowest BCUT2D eigenvalue weighted by atomic mass is 9.66. The molecule has 0 bridgehead atoms. The number of aromatic amines is 1. The predicted molar refractivity (Wildman–Crippen MR) is 101 cm³/mol. The molecule has 1 atom stereocenters. The SMILES string of the molecule is COC(=O)CC(B1OC(C)(C)C(C)(C)O1)c1c[nH]c2cccc(Br)c12. The van der Waals surface area contributed by atoms with Gasteiger partial charge >= 0.3 is 13.1 Å². The third-order valence-corrected chi connectivity index (χ3v) is 5.96. The van der Waals surface area contributed by atoms with Crippen molar-refractivity contribution in [3.8, 4) is 0 Å². The van der Waals surface area contributed by atoms with E-state index >= 15 is 0 Å². The van der Waals surface area contributed by atoms with Crippen LogP contribution in [0.3, 0.4) is 0 Å². The quantitative estimate of drug-likeness (QED) is 0.609. The minimum Gasteiger partial charge on any atom is -0.469 e. The lowest BCUT2D eigenvalue weighted by Gasteiger charge is -2.32. The number of hydrogen-bond donors (Lipinski definition) is 1. The molecule has 1 fully saturated rings. The number of H-pyrrole nitrogens is 1. The summed E-state index contributed by atoms with van der Waals surface area (Å²) in [5, 5.41) is 1.03. The molecule has 1 aliphatic rings. The van der Waals surface area contributed by atoms with Crippen molar-refractivity contribution in [3.63, 3.8) is 0 Å². The highest BCUT2D eigenvalue weighted by atomic mass is 79.9. The molecule has 2 heterocycles. The molecule has 25 heavy (non-hydrogen) atoms. The highest BCUT2D eigenvalue weighted by Crippen LogP contribution is 2.43. The second-order valence-electron chi connectivity index (χ2n) is 7.42. The first-order valence-electron chi connectivity index (χ1n) is 8.34. The molecular weight excluding hydrogens is 385 g/mol. The Kier molecular flexibility index (Phi) is 4.77. The largest absolute Gasteiger partial charge is 0.469 e. The fourth-order valence-corrected chi connectivity index (χ4v) is 3.72. The van der Waals surface area contributed by atoms with Crippen LogP contribution in [0.1, 0.15) is 45.5 Å². The molecule has 0 aliphatic carbocycles. The van der Waals surface area contributed by atoms with Crippen LogP contribution in [0.2, 0.25) is 0 Å². The van der Waals surface area contributed by atoms with Crippen molar-refractivity contribution in [2.45, 2.75) is 51.1 Å². The van der Waals surface area contributed by atoms with E-state index in [9.17, 15) is 4.79 Å². The van der Waals surface area contributed by atoms with Gasteiger partial charge in [0.15, 0.2) is 0 Å². The van der Waals surface area contributed by atoms with Gasteiger partial charge in [-0.3, -0.25) is 4.79 Å². The Morgan fingerprint density at radius 2 is 1.92 bits per heavy atom. The van der Waals surface area contributed by atoms with E-state index in [1.807, 2.05) is 52.1 Å². The third kappa shape index (κ3) is 3.25. The van der Waals surface area contributed by atoms with Crippen molar-refractivity contribution >= 4 is 39.9 Å². The lowest BCUT2D eigenvalue weighted by molar-refractivity contribution is -0.140. The van der Waals surface area contributed by atoms with Crippen LogP contribution in [0.4, 0.5) is 0 Å². The van der Waals surface area contributed by atoms with E-state index in [2.05, 4.69) is 20.9 Å². The molecular formula is C18H23BBrNO4. The summed E-state index contributed by atoms with van der Waals surface area (Å²) >= 11 is 3.61. The Bertz CT molecular complexity index is 785. The zero-order valence-electron chi connectivity index (χ0n) is 15.2. The molecule has 5 nitrogen and oxygen atoms in total. The van der Waals surface area contributed by atoms with Gasteiger partial charge in [0.2, 0.25) is 0 Å². The summed E-state index contributed by atoms with van der Waals surface area (Å²) in [6.07, 6.45) is 2.11. The molecule has 1 N–H and O–H groups in total. The first kappa shape index (κ1) is 18.5. The van der Waals surface area contributed by atoms with Crippen molar-refractivity contribution in [2.24, 2.45) is 0 Å². The minimum atomic E-state index is -0.532. The van der Waals surface area contributed by atoms with E-state index in [1.54, 1.807) is 0 Å². The van der Waals surface area contributed by atoms with Crippen molar-refractivity contribution in [1.82, 2.24) is 4.98 Å². The highest BCUT2D eigenvalue weighted by molar-refractivity contribution is 9.10. The Balaban J connectivity index is 2.05. The number of carbonyl (C=O) groups excluding carboxylic acids is 1. The number of carbonyl (C=O) groups is 1. The number of methoxy groups -OCH3 is 1. The number of hydrogen-bond acceptors (Lipinski definition) is 4. The van der Waals surface area contributed by atoms with E-state index in [0.29, 0.717) is 0 Å². The molecule has 1 unspecified atom stereocenters. The Morgan fingerprint density at radius 3 is 2.52 bits per heavy atom. The van der Waals surface area contributed by atoms with E-state index in [-0.39, 0.29) is 18.2 Å². The van der Waals surface area contributed by atoms with E-state index in [0.717, 1.165) is 20.9 Å². The van der Waals surface area contributed by atoms with E-state index < -0.39 is 18.3 Å². The number of nitrogens with one attached hydrogen (secondary N) is 1. The topological polar surface area (TPSA) is 60.6 Å². The maximum Gasteiger partial charge on any atom is 0.466 e. The number of ether oxygens (including phenoxy) is 1. The highest BCUT2D eigenvalue weighted by Gasteiger charge is 2.54. The Morgan fingerprint density at radius 1 is 1.28 bits per heavy atom. The number of halogens is 1. The molecule has 1 aromatic carbocycles. The number of benzene rings is 1. The van der Waals surface area contributed by atoms with E-state index in [4.69, 9.17) is 14.0 Å². The summed E-state index contributed by atoms with van der Waals surface area (Å²) in [5.41, 5.74) is 1.05. The second kappa shape index (κ2) is 6.45. The third-order valence-electron chi connectivity index (χ3n) is 5.30. The number of esters is 1. The monoisotopic (exact) mass is 407 g/mol. The number of aromatic nitrogens is 1. The van der Waals surface area contributed by atoms with Gasteiger partial charge in [-0.25, -0.2) is 0 Å². The molecule has 0 amide bonds. The molecule has 134 valence electrons. The van der Waals surface area contributed by atoms with Gasteiger partial charge in [0, 0.05) is 27.4 Å². The molecule has 3 rings (SSSR count). The molecule has 0 spiro atoms. The standard InChI is InChI=1S/C18H23BBrNO4/c1-17(2)18(3,4)25-19(24-17)12(9-15(22)23-5)11-10-21-14-8-6-7-13(20)16(11)14/h6-8,10,12,21H,9H2,1-5H3. The van der Waals surface area contributed by atoms with Gasteiger partial charge in [-0.15, -0.1) is 0 Å². The first-order valence-corrected chi connectivity index (χ1v) is 9.13. The summed E-state index contributed by atoms with van der Waals surface area (Å²) in [4.78, 5) is 15.3. The fraction of sp³-hybridized carbons (Fsp3) is 0.500. The van der Waals surface area contributed by atoms with Crippen LogP contribution in [-0.2, 0) is 18.8 Å². The van der Waals surface area contributed by atoms with Crippen molar-refractivity contribution < 1.29 is 18.8 Å². The fourth-order valence-electron chi connectivity index (χ4n) is 3.13. The van der Waals surface area contributed by atoms with Gasteiger partial charge in [-0.1, -0.05) is 22.0 Å². The van der Waals surface area contributed by atoms with Crippen LogP contribution >= 0.6 is 15.9 Å². The Labute approximate surface area is 156 Å². The van der Waals surface area contributed by atoms with Crippen LogP contribution in [0.5, 0.6) is 0 Å². The maximum atomic E-state index is 12.1. The molecule has 0 radical (unpaired) electrons. The molecule has 0 saturated carbocycles. The summed E-state index contributed by atoms with van der Waals surface area (Å²) in [7, 11) is 0.865. The van der Waals surface area contributed by atoms with Crippen molar-refractivity contribution in [3.05, 3.63) is 34.4 Å². The molecule has 2 aromatic rings. The summed E-state index contributed by atoms with van der Waals surface area (Å²) < 4.78 is 18.3. The van der Waals surface area contributed by atoms with E-state index in [1.165, 1.54) is 7.11 Å². The molecule has 1 aromatic heterocycles. The van der Waals surface area contributed by atoms with Gasteiger partial charge < -0.3 is 19.0 Å². The molecule has 1 saturated heterocycles. The molecule has 1 aliphatic heterocycles. The Hall–Kier alpha value is -1.31. The lowest BCUT2D eigenvalue weighted by Crippen LogP contribution is -2.41. The van der Waals surface area contributed by atoms with Crippen LogP contribution < -0.4 is 0 Å². The van der Waals surface area contributed by atoms with Gasteiger partial charge in [0.1, 0.15) is 0 Å². The predicted octanol–water partition coefficient (Wildman–Crippen LogP) is 4.21. The summed E-state index contributed by atoms with van der Waals surface area (Å²) in [5.74, 6) is -0.568. The average molecular weight is 408 g/mol. The van der Waals surface area contributed by atoms with Crippen LogP contribution in [0.25, 0.3) is 10.9 Å². The van der Waals surface area contributed by atoms with Crippen molar-refractivity contribution in [1.29, 1.82) is 0 Å². The van der Waals surface area contributed by atoms with Gasteiger partial charge in [-0.2, -0.15) is 0 Å². The van der Waals surface area contributed by atoms with Crippen LogP contribution in [0, 0.1) is 0 Å². The number of rotatable bonds is 4. The smallest absolute Gasteiger partial charge is 0.466 e. The van der Waals surface area contributed by atoms with Crippen LogP contribution in [0.15, 0.2) is 28.9 Å². The zero-order valence-corrected chi connectivity index (χ0v) is 16.8. The normalized spacial score (nSPS) is 20.0. The summed E-state index contributed by atoms with van der Waals surface area (Å²) in [6, 6.07) is 5.96. The molecule has 7 heteroatoms. The second-order valence-corrected chi connectivity index (χ2v) is 8.27. The summed E-state index contributed by atoms with van der Waals surface area (Å²) in [6.45, 7) is 8.03. The first-order chi connectivity index (χ1) is 11.7. The zero-order chi connectivity index (χ0) is 18.4. The van der Waals surface area contributed by atoms with Crippen LogP contribution in [-0.4, -0.2) is 36.4 Å². The van der Waals surface area contributed by atoms with Gasteiger partial charge in [0.25, 0.3) is 0 Å². The maximum absolute atomic E-state index is 12.1. The van der Waals surface area contributed by atoms with Gasteiger partial charge in [-0.05, 0) is 45.4 Å². The van der Waals surface area contributed by atoms with Crippen molar-refractivity contribution in [2.75, 3.05) is 7.11 Å².